The fourth-order valence-corrected chi connectivity index (χ4v) is 4.33. The van der Waals surface area contributed by atoms with Gasteiger partial charge in [-0.3, -0.25) is 13.9 Å². The predicted molar refractivity (Wildman–Crippen MR) is 133 cm³/mol. The van der Waals surface area contributed by atoms with Crippen molar-refractivity contribution in [3.63, 3.8) is 0 Å². The lowest BCUT2D eigenvalue weighted by Crippen LogP contribution is -2.52. The Kier molecular flexibility index (Phi) is 9.88. The Hall–Kier alpha value is -2.65. The van der Waals surface area contributed by atoms with Gasteiger partial charge in [0.05, 0.1) is 11.9 Å². The number of nitrogens with zero attached hydrogens (tertiary/aromatic N) is 2. The second kappa shape index (κ2) is 12.2. The van der Waals surface area contributed by atoms with E-state index in [4.69, 9.17) is 11.6 Å². The van der Waals surface area contributed by atoms with Crippen molar-refractivity contribution in [2.75, 3.05) is 23.7 Å². The summed E-state index contributed by atoms with van der Waals surface area (Å²) >= 11 is 5.92. The molecule has 0 saturated heterocycles. The maximum atomic E-state index is 13.5. The smallest absolute Gasteiger partial charge is 0.244 e. The van der Waals surface area contributed by atoms with Gasteiger partial charge < -0.3 is 10.2 Å². The van der Waals surface area contributed by atoms with E-state index in [1.165, 1.54) is 53.4 Å². The average Bonchev–Trinajstić information content (AvgIpc) is 2.77. The molecular formula is C24H31ClFN3O4S. The Morgan fingerprint density at radius 2 is 1.65 bits per heavy atom. The number of hydrogen-bond donors (Lipinski definition) is 1. The third-order valence-electron chi connectivity index (χ3n) is 5.13. The Morgan fingerprint density at radius 1 is 1.06 bits per heavy atom. The van der Waals surface area contributed by atoms with Crippen molar-refractivity contribution in [3.05, 3.63) is 64.9 Å². The first-order valence-electron chi connectivity index (χ1n) is 11.0. The molecule has 7 nitrogen and oxygen atoms in total. The highest BCUT2D eigenvalue weighted by Crippen LogP contribution is 2.22. The van der Waals surface area contributed by atoms with Gasteiger partial charge in [0.15, 0.2) is 0 Å². The molecule has 0 fully saturated rings. The quantitative estimate of drug-likeness (QED) is 0.497. The van der Waals surface area contributed by atoms with E-state index in [2.05, 4.69) is 5.32 Å². The molecule has 0 heterocycles. The van der Waals surface area contributed by atoms with Crippen LogP contribution >= 0.6 is 11.6 Å². The van der Waals surface area contributed by atoms with Crippen molar-refractivity contribution in [2.24, 2.45) is 5.92 Å². The Morgan fingerprint density at radius 3 is 2.15 bits per heavy atom. The van der Waals surface area contributed by atoms with Gasteiger partial charge in [-0.2, -0.15) is 0 Å². The number of rotatable bonds is 11. The van der Waals surface area contributed by atoms with E-state index >= 15 is 0 Å². The molecule has 0 unspecified atom stereocenters. The number of anilines is 1. The van der Waals surface area contributed by atoms with E-state index in [1.54, 1.807) is 6.92 Å². The molecule has 2 rings (SSSR count). The number of nitrogens with one attached hydrogen (secondary N) is 1. The summed E-state index contributed by atoms with van der Waals surface area (Å²) in [6.07, 6.45) is 1.32. The zero-order valence-corrected chi connectivity index (χ0v) is 21.4. The highest BCUT2D eigenvalue weighted by Gasteiger charge is 2.31. The van der Waals surface area contributed by atoms with E-state index in [9.17, 15) is 22.4 Å². The van der Waals surface area contributed by atoms with Crippen LogP contribution in [0, 0.1) is 11.7 Å². The van der Waals surface area contributed by atoms with Crippen LogP contribution in [-0.4, -0.2) is 50.5 Å². The van der Waals surface area contributed by atoms with Gasteiger partial charge >= 0.3 is 0 Å². The molecule has 2 aromatic rings. The average molecular weight is 512 g/mol. The van der Waals surface area contributed by atoms with Crippen molar-refractivity contribution in [1.82, 2.24) is 10.2 Å². The number of benzene rings is 2. The van der Waals surface area contributed by atoms with Crippen LogP contribution in [0.5, 0.6) is 0 Å². The van der Waals surface area contributed by atoms with Crippen LogP contribution in [0.1, 0.15) is 32.8 Å². The van der Waals surface area contributed by atoms with E-state index in [0.717, 1.165) is 10.6 Å². The topological polar surface area (TPSA) is 86.8 Å². The lowest BCUT2D eigenvalue weighted by Gasteiger charge is -2.33. The molecule has 0 spiro atoms. The number of halogens is 2. The maximum absolute atomic E-state index is 13.5. The van der Waals surface area contributed by atoms with Gasteiger partial charge in [-0.15, -0.1) is 0 Å². The first kappa shape index (κ1) is 27.6. The summed E-state index contributed by atoms with van der Waals surface area (Å²) in [7, 11) is -3.82. The van der Waals surface area contributed by atoms with Crippen molar-refractivity contribution >= 4 is 39.1 Å². The van der Waals surface area contributed by atoms with Crippen LogP contribution in [0.4, 0.5) is 10.1 Å². The van der Waals surface area contributed by atoms with Crippen LogP contribution < -0.4 is 9.62 Å². The van der Waals surface area contributed by atoms with E-state index < -0.39 is 34.3 Å². The third-order valence-corrected chi connectivity index (χ3v) is 6.52. The molecule has 0 aliphatic carbocycles. The van der Waals surface area contributed by atoms with Gasteiger partial charge in [0.1, 0.15) is 18.4 Å². The molecule has 0 aromatic heterocycles. The van der Waals surface area contributed by atoms with Crippen molar-refractivity contribution in [3.8, 4) is 0 Å². The minimum Gasteiger partial charge on any atom is -0.354 e. The summed E-state index contributed by atoms with van der Waals surface area (Å²) in [4.78, 5) is 27.8. The fourth-order valence-electron chi connectivity index (χ4n) is 3.35. The number of carbonyl (C=O) groups excluding carboxylic acids is 2. The van der Waals surface area contributed by atoms with Gasteiger partial charge in [-0.25, -0.2) is 12.8 Å². The lowest BCUT2D eigenvalue weighted by molar-refractivity contribution is -0.140. The molecule has 34 heavy (non-hydrogen) atoms. The standard InChI is InChI=1S/C24H31ClFN3O4S/c1-5-22(24(31)27-14-17(2)3)28(15-18-6-10-20(26)11-7-18)23(30)16-29(34(4,32)33)21-12-8-19(25)9-13-21/h6-13,17,22H,5,14-16H2,1-4H3,(H,27,31)/t22-/m1/s1. The second-order valence-corrected chi connectivity index (χ2v) is 10.8. The number of sulfonamides is 1. The molecule has 186 valence electrons. The molecule has 0 bridgehead atoms. The molecule has 1 atom stereocenters. The van der Waals surface area contributed by atoms with E-state index in [1.807, 2.05) is 13.8 Å². The number of amides is 2. The lowest BCUT2D eigenvalue weighted by atomic mass is 10.1. The van der Waals surface area contributed by atoms with Crippen LogP contribution in [0.25, 0.3) is 0 Å². The number of carbonyl (C=O) groups is 2. The molecule has 0 aliphatic rings. The normalized spacial score (nSPS) is 12.3. The van der Waals surface area contributed by atoms with Crippen molar-refractivity contribution in [2.45, 2.75) is 39.8 Å². The molecular weight excluding hydrogens is 481 g/mol. The minimum absolute atomic E-state index is 0.0188. The van der Waals surface area contributed by atoms with Gasteiger partial charge in [0.25, 0.3) is 0 Å². The van der Waals surface area contributed by atoms with Crippen LogP contribution in [0.15, 0.2) is 48.5 Å². The highest BCUT2D eigenvalue weighted by molar-refractivity contribution is 7.92. The molecule has 0 saturated carbocycles. The van der Waals surface area contributed by atoms with Gasteiger partial charge in [-0.05, 0) is 54.3 Å². The Labute approximate surface area is 205 Å². The Bertz CT molecular complexity index is 1080. The van der Waals surface area contributed by atoms with E-state index in [-0.39, 0.29) is 24.1 Å². The Balaban J connectivity index is 2.39. The van der Waals surface area contributed by atoms with Gasteiger partial charge in [0.2, 0.25) is 21.8 Å². The summed E-state index contributed by atoms with van der Waals surface area (Å²) in [5.41, 5.74) is 0.890. The van der Waals surface area contributed by atoms with Crippen LogP contribution in [0.2, 0.25) is 5.02 Å². The largest absolute Gasteiger partial charge is 0.354 e. The summed E-state index contributed by atoms with van der Waals surface area (Å²) < 4.78 is 39.4. The summed E-state index contributed by atoms with van der Waals surface area (Å²) in [5.74, 6) is -1.09. The second-order valence-electron chi connectivity index (χ2n) is 8.46. The first-order valence-corrected chi connectivity index (χ1v) is 13.2. The highest BCUT2D eigenvalue weighted by atomic mass is 35.5. The molecule has 2 aromatic carbocycles. The van der Waals surface area contributed by atoms with Crippen LogP contribution in [-0.2, 0) is 26.2 Å². The third kappa shape index (κ3) is 7.99. The zero-order valence-electron chi connectivity index (χ0n) is 19.8. The zero-order chi connectivity index (χ0) is 25.5. The predicted octanol–water partition coefficient (Wildman–Crippen LogP) is 3.82. The molecule has 2 amide bonds. The summed E-state index contributed by atoms with van der Waals surface area (Å²) in [6.45, 7) is 5.64. The minimum atomic E-state index is -3.82. The number of hydrogen-bond acceptors (Lipinski definition) is 4. The monoisotopic (exact) mass is 511 g/mol. The molecule has 0 radical (unpaired) electrons. The summed E-state index contributed by atoms with van der Waals surface area (Å²) in [5, 5.41) is 3.27. The van der Waals surface area contributed by atoms with Gasteiger partial charge in [0, 0.05) is 18.1 Å². The van der Waals surface area contributed by atoms with Crippen molar-refractivity contribution in [1.29, 1.82) is 0 Å². The maximum Gasteiger partial charge on any atom is 0.244 e. The first-order chi connectivity index (χ1) is 15.9. The summed E-state index contributed by atoms with van der Waals surface area (Å²) in [6, 6.07) is 10.9. The van der Waals surface area contributed by atoms with Gasteiger partial charge in [-0.1, -0.05) is 44.5 Å². The molecule has 10 heteroatoms. The fraction of sp³-hybridized carbons (Fsp3) is 0.417. The molecule has 0 aliphatic heterocycles. The van der Waals surface area contributed by atoms with Crippen LogP contribution in [0.3, 0.4) is 0 Å². The molecule has 1 N–H and O–H groups in total. The van der Waals surface area contributed by atoms with Crippen molar-refractivity contribution < 1.29 is 22.4 Å². The van der Waals surface area contributed by atoms with E-state index in [0.29, 0.717) is 23.6 Å². The SMILES string of the molecule is CC[C@H](C(=O)NCC(C)C)N(Cc1ccc(F)cc1)C(=O)CN(c1ccc(Cl)cc1)S(C)(=O)=O.